The monoisotopic (exact) mass is 750 g/mol. The number of aromatic nitrogens is 5. The van der Waals surface area contributed by atoms with Crippen LogP contribution in [0.5, 0.6) is 5.75 Å². The van der Waals surface area contributed by atoms with Crippen LogP contribution in [0, 0.1) is 5.92 Å². The van der Waals surface area contributed by atoms with Crippen LogP contribution in [0.4, 0.5) is 11.4 Å². The Balaban J connectivity index is 0.794. The summed E-state index contributed by atoms with van der Waals surface area (Å²) < 4.78 is 9.10. The fourth-order valence-electron chi connectivity index (χ4n) is 8.01. The van der Waals surface area contributed by atoms with Gasteiger partial charge in [-0.05, 0) is 43.5 Å². The summed E-state index contributed by atoms with van der Waals surface area (Å²) in [6.07, 6.45) is 8.64. The molecule has 3 saturated heterocycles. The third-order valence-electron chi connectivity index (χ3n) is 10.9. The van der Waals surface area contributed by atoms with Gasteiger partial charge in [0.05, 0.1) is 52.9 Å². The van der Waals surface area contributed by atoms with Crippen LogP contribution < -0.4 is 20.3 Å². The molecule has 5 aromatic rings. The lowest BCUT2D eigenvalue weighted by Gasteiger charge is -2.44. The molecule has 9 rings (SSSR count). The normalized spacial score (nSPS) is 19.8. The van der Waals surface area contributed by atoms with E-state index in [0.29, 0.717) is 39.2 Å². The van der Waals surface area contributed by atoms with Gasteiger partial charge in [0.2, 0.25) is 11.8 Å². The lowest BCUT2D eigenvalue weighted by molar-refractivity contribution is -0.136. The van der Waals surface area contributed by atoms with E-state index in [-0.39, 0.29) is 30.4 Å². The molecule has 0 spiro atoms. The number of carbonyl (C=O) groups is 5. The van der Waals surface area contributed by atoms with Crippen molar-refractivity contribution in [3.05, 3.63) is 76.8 Å². The first-order chi connectivity index (χ1) is 26.1. The van der Waals surface area contributed by atoms with Gasteiger partial charge in [-0.15, -0.1) is 0 Å². The molecule has 54 heavy (non-hydrogen) atoms. The second-order valence-corrected chi connectivity index (χ2v) is 14.7. The number of rotatable bonds is 8. The SMILES string of the molecule is COc1cc2nn(C3CCN(CC4CN(c5ccc6c(c5)C(=O)N(C5CCC(=O)NC5=O)C6=O)C4)CC3)cc2cc1NC(=O)c1cnn2cc(Cl)cnc12. The summed E-state index contributed by atoms with van der Waals surface area (Å²) in [5.41, 5.74) is 3.44. The number of benzene rings is 2. The molecule has 16 nitrogen and oxygen atoms in total. The molecule has 2 N–H and O–H groups in total. The molecule has 3 fully saturated rings. The van der Waals surface area contributed by atoms with Gasteiger partial charge >= 0.3 is 0 Å². The van der Waals surface area contributed by atoms with E-state index in [4.69, 9.17) is 21.4 Å². The zero-order valence-electron chi connectivity index (χ0n) is 29.2. The molecule has 2 aromatic carbocycles. The molecule has 276 valence electrons. The number of hydrogen-bond donors (Lipinski definition) is 2. The van der Waals surface area contributed by atoms with Crippen LogP contribution in [0.2, 0.25) is 5.02 Å². The lowest BCUT2D eigenvalue weighted by atomic mass is 9.95. The molecule has 5 amide bonds. The number of ether oxygens (including phenoxy) is 1. The third kappa shape index (κ3) is 5.91. The molecule has 7 heterocycles. The van der Waals surface area contributed by atoms with Crippen LogP contribution >= 0.6 is 11.6 Å². The zero-order valence-corrected chi connectivity index (χ0v) is 30.0. The number of piperidine rings is 2. The molecule has 1 atom stereocenters. The van der Waals surface area contributed by atoms with Crippen molar-refractivity contribution in [2.75, 3.05) is 50.1 Å². The number of carbonyl (C=O) groups excluding carboxylic acids is 5. The minimum Gasteiger partial charge on any atom is -0.494 e. The number of imide groups is 2. The van der Waals surface area contributed by atoms with Crippen molar-refractivity contribution in [2.24, 2.45) is 5.92 Å². The molecular formula is C37H35ClN10O6. The summed E-state index contributed by atoms with van der Waals surface area (Å²) in [5.74, 6) is -1.41. The summed E-state index contributed by atoms with van der Waals surface area (Å²) in [6, 6.07) is 8.23. The molecular weight excluding hydrogens is 716 g/mol. The van der Waals surface area contributed by atoms with Crippen molar-refractivity contribution in [1.82, 2.24) is 39.5 Å². The first-order valence-electron chi connectivity index (χ1n) is 17.8. The Morgan fingerprint density at radius 2 is 1.80 bits per heavy atom. The largest absolute Gasteiger partial charge is 0.494 e. The average molecular weight is 751 g/mol. The van der Waals surface area contributed by atoms with Crippen molar-refractivity contribution in [3.8, 4) is 5.75 Å². The molecule has 0 aliphatic carbocycles. The van der Waals surface area contributed by atoms with E-state index in [9.17, 15) is 24.0 Å². The maximum absolute atomic E-state index is 13.3. The molecule has 1 unspecified atom stereocenters. The third-order valence-corrected chi connectivity index (χ3v) is 11.0. The Bertz CT molecular complexity index is 2390. The fraction of sp³-hybridized carbons (Fsp3) is 0.351. The topological polar surface area (TPSA) is 176 Å². The molecule has 4 aliphatic heterocycles. The molecule has 0 radical (unpaired) electrons. The van der Waals surface area contributed by atoms with Gasteiger partial charge in [-0.3, -0.25) is 38.9 Å². The Morgan fingerprint density at radius 3 is 2.57 bits per heavy atom. The van der Waals surface area contributed by atoms with Gasteiger partial charge in [0.25, 0.3) is 17.7 Å². The van der Waals surface area contributed by atoms with E-state index in [1.165, 1.54) is 16.9 Å². The highest BCUT2D eigenvalue weighted by molar-refractivity contribution is 6.30. The highest BCUT2D eigenvalue weighted by Gasteiger charge is 2.45. The molecule has 4 aliphatic rings. The van der Waals surface area contributed by atoms with Crippen LogP contribution in [-0.2, 0) is 9.59 Å². The van der Waals surface area contributed by atoms with Crippen molar-refractivity contribution in [1.29, 1.82) is 0 Å². The lowest BCUT2D eigenvalue weighted by Crippen LogP contribution is -2.54. The summed E-state index contributed by atoms with van der Waals surface area (Å²) in [7, 11) is 1.55. The maximum Gasteiger partial charge on any atom is 0.262 e. The van der Waals surface area contributed by atoms with Crippen molar-refractivity contribution < 1.29 is 28.7 Å². The first-order valence-corrected chi connectivity index (χ1v) is 18.2. The molecule has 3 aromatic heterocycles. The van der Waals surface area contributed by atoms with Gasteiger partial charge in [-0.1, -0.05) is 11.6 Å². The van der Waals surface area contributed by atoms with E-state index in [0.717, 1.165) is 67.1 Å². The van der Waals surface area contributed by atoms with Gasteiger partial charge < -0.3 is 19.9 Å². The Kier molecular flexibility index (Phi) is 8.30. The van der Waals surface area contributed by atoms with E-state index >= 15 is 0 Å². The van der Waals surface area contributed by atoms with E-state index < -0.39 is 29.7 Å². The number of likely N-dealkylation sites (tertiary alicyclic amines) is 1. The van der Waals surface area contributed by atoms with Crippen molar-refractivity contribution in [2.45, 2.75) is 37.8 Å². The Morgan fingerprint density at radius 1 is 1.00 bits per heavy atom. The number of anilines is 2. The summed E-state index contributed by atoms with van der Waals surface area (Å²) in [6.45, 7) is 4.51. The predicted molar refractivity (Wildman–Crippen MR) is 196 cm³/mol. The number of halogens is 1. The number of fused-ring (bicyclic) bond motifs is 3. The molecule has 0 bridgehead atoms. The van der Waals surface area contributed by atoms with Crippen LogP contribution in [0.15, 0.2) is 55.1 Å². The number of hydrogen-bond acceptors (Lipinski definition) is 11. The average Bonchev–Trinajstić information content (AvgIpc) is 3.83. The van der Waals surface area contributed by atoms with Crippen molar-refractivity contribution in [3.63, 3.8) is 0 Å². The number of methoxy groups -OCH3 is 1. The summed E-state index contributed by atoms with van der Waals surface area (Å²) in [4.78, 5) is 73.5. The van der Waals surface area contributed by atoms with Crippen LogP contribution in [-0.4, -0.2) is 110 Å². The van der Waals surface area contributed by atoms with Gasteiger partial charge in [-0.2, -0.15) is 10.2 Å². The fourth-order valence-corrected chi connectivity index (χ4v) is 8.15. The Hall–Kier alpha value is -5.87. The van der Waals surface area contributed by atoms with Gasteiger partial charge in [0.15, 0.2) is 5.65 Å². The second kappa shape index (κ2) is 13.2. The summed E-state index contributed by atoms with van der Waals surface area (Å²) >= 11 is 6.01. The highest BCUT2D eigenvalue weighted by atomic mass is 35.5. The first kappa shape index (κ1) is 33.9. The number of amides is 5. The standard InChI is InChI=1S/C37H35ClN10O6/c1-54-31-12-28-21(10-29(31)41-34(50)27-14-40-47-19-22(38)13-39-33(27)47)18-46(43-28)23-6-8-44(9-7-23)15-20-16-45(17-20)24-2-3-25-26(11-24)37(53)48(36(25)52)30-4-5-32(49)42-35(30)51/h2-3,10-14,18-20,23,30H,4-9,15-17H2,1H3,(H,41,50)(H,42,49,51). The van der Waals surface area contributed by atoms with Gasteiger partial charge in [-0.25, -0.2) is 9.50 Å². The maximum atomic E-state index is 13.3. The van der Waals surface area contributed by atoms with Crippen LogP contribution in [0.3, 0.4) is 0 Å². The molecule has 0 saturated carbocycles. The summed E-state index contributed by atoms with van der Waals surface area (Å²) in [5, 5.41) is 15.5. The highest BCUT2D eigenvalue weighted by Crippen LogP contribution is 2.35. The van der Waals surface area contributed by atoms with Crippen LogP contribution in [0.1, 0.15) is 62.8 Å². The smallest absolute Gasteiger partial charge is 0.262 e. The van der Waals surface area contributed by atoms with E-state index in [2.05, 4.69) is 30.5 Å². The Labute approximate surface area is 313 Å². The minimum atomic E-state index is -0.978. The van der Waals surface area contributed by atoms with E-state index in [1.807, 2.05) is 29.1 Å². The predicted octanol–water partition coefficient (Wildman–Crippen LogP) is 3.17. The van der Waals surface area contributed by atoms with E-state index in [1.54, 1.807) is 25.4 Å². The van der Waals surface area contributed by atoms with Crippen molar-refractivity contribution >= 4 is 69.1 Å². The number of nitrogens with one attached hydrogen (secondary N) is 2. The number of nitrogens with zero attached hydrogens (tertiary/aromatic N) is 8. The quantitative estimate of drug-likeness (QED) is 0.223. The molecule has 17 heteroatoms. The second-order valence-electron chi connectivity index (χ2n) is 14.3. The van der Waals surface area contributed by atoms with Crippen LogP contribution in [0.25, 0.3) is 16.6 Å². The van der Waals surface area contributed by atoms with Gasteiger partial charge in [0, 0.05) is 74.6 Å². The zero-order chi connectivity index (χ0) is 37.2. The minimum absolute atomic E-state index is 0.0866. The van der Waals surface area contributed by atoms with Gasteiger partial charge in [0.1, 0.15) is 17.4 Å².